The van der Waals surface area contributed by atoms with Crippen molar-refractivity contribution >= 4 is 27.2 Å². The topological polar surface area (TPSA) is 22.3 Å². The van der Waals surface area contributed by atoms with Gasteiger partial charge in [0.05, 0.1) is 25.0 Å². The molecule has 42 heavy (non-hydrogen) atoms. The normalized spacial score (nSPS) is 17.5. The van der Waals surface area contributed by atoms with Gasteiger partial charge in [0.15, 0.2) is 23.2 Å². The van der Waals surface area contributed by atoms with E-state index in [2.05, 4.69) is 117 Å². The molecule has 0 atom stereocenters. The van der Waals surface area contributed by atoms with Crippen LogP contribution < -0.4 is 14.0 Å². The van der Waals surface area contributed by atoms with Crippen molar-refractivity contribution in [1.82, 2.24) is 0 Å². The van der Waals surface area contributed by atoms with Crippen molar-refractivity contribution in [3.05, 3.63) is 119 Å². The van der Waals surface area contributed by atoms with E-state index in [0.29, 0.717) is 0 Å². The Labute approximate surface area is 249 Å². The summed E-state index contributed by atoms with van der Waals surface area (Å²) in [5.41, 5.74) is 8.36. The van der Waals surface area contributed by atoms with Gasteiger partial charge in [-0.05, 0) is 46.0 Å². The highest BCUT2D eigenvalue weighted by atomic mass is 16.5. The molecular weight excluding hydrogens is 514 g/mol. The first kappa shape index (κ1) is 26.8. The molecule has 3 heteroatoms. The van der Waals surface area contributed by atoms with Crippen molar-refractivity contribution in [2.75, 3.05) is 14.2 Å². The Balaban J connectivity index is 1.76. The first-order valence-electron chi connectivity index (χ1n) is 15.2. The van der Waals surface area contributed by atoms with Gasteiger partial charge in [-0.3, -0.25) is 0 Å². The molecule has 0 N–H and O–H groups in total. The quantitative estimate of drug-likeness (QED) is 0.155. The summed E-state index contributed by atoms with van der Waals surface area (Å²) in [5, 5.41) is 3.66. The van der Waals surface area contributed by atoms with Crippen LogP contribution in [0.25, 0.3) is 27.2 Å². The number of nitrogens with zero attached hydrogens (tertiary/aromatic N) is 1. The van der Waals surface area contributed by atoms with Crippen LogP contribution in [0.1, 0.15) is 74.8 Å². The summed E-state index contributed by atoms with van der Waals surface area (Å²) >= 11 is 0. The van der Waals surface area contributed by atoms with Crippen molar-refractivity contribution < 1.29 is 14.0 Å². The van der Waals surface area contributed by atoms with Crippen molar-refractivity contribution in [2.24, 2.45) is 0 Å². The molecule has 212 valence electrons. The molecule has 0 saturated carbocycles. The molecule has 1 aliphatic carbocycles. The molecule has 0 saturated heterocycles. The van der Waals surface area contributed by atoms with E-state index in [1.807, 2.05) is 0 Å². The van der Waals surface area contributed by atoms with E-state index >= 15 is 0 Å². The molecule has 1 aliphatic heterocycles. The number of methoxy groups -OCH3 is 2. The second-order valence-electron chi connectivity index (χ2n) is 12.7. The molecule has 0 fully saturated rings. The monoisotopic (exact) mass is 554 g/mol. The zero-order valence-corrected chi connectivity index (χ0v) is 25.7. The van der Waals surface area contributed by atoms with Gasteiger partial charge in [0.1, 0.15) is 0 Å². The number of pyridine rings is 1. The van der Waals surface area contributed by atoms with Crippen LogP contribution in [0, 0.1) is 0 Å². The second-order valence-corrected chi connectivity index (χ2v) is 12.7. The summed E-state index contributed by atoms with van der Waals surface area (Å²) in [5.74, 6) is 1.53. The summed E-state index contributed by atoms with van der Waals surface area (Å²) in [6.07, 6.45) is 5.36. The number of allylic oxidation sites excluding steroid dienone is 1. The Kier molecular flexibility index (Phi) is 5.86. The standard InChI is InChI=1S/C39H40NO2/c1-8-38(9-2)25(3)32-33-26(22-31(41-6)36(32)42-7)20-21-29-34-30(23-40(38)35(29)33)37(4,5)24-39(34,27-16-12-10-13-17-27)28-18-14-11-15-19-28/h10-23H,3,8-9,24H2,1-2,4-7H3/q+1. The van der Waals surface area contributed by atoms with E-state index in [0.717, 1.165) is 47.3 Å². The van der Waals surface area contributed by atoms with E-state index in [-0.39, 0.29) is 16.4 Å². The molecule has 2 aliphatic rings. The summed E-state index contributed by atoms with van der Waals surface area (Å²) < 4.78 is 14.6. The van der Waals surface area contributed by atoms with Gasteiger partial charge in [0.2, 0.25) is 5.52 Å². The van der Waals surface area contributed by atoms with Crippen molar-refractivity contribution in [3.8, 4) is 11.5 Å². The van der Waals surface area contributed by atoms with E-state index in [1.165, 1.54) is 38.5 Å². The van der Waals surface area contributed by atoms with E-state index in [1.54, 1.807) is 14.2 Å². The van der Waals surface area contributed by atoms with Crippen LogP contribution in [0.5, 0.6) is 11.5 Å². The van der Waals surface area contributed by atoms with Crippen molar-refractivity contribution in [3.63, 3.8) is 0 Å². The van der Waals surface area contributed by atoms with Crippen LogP contribution >= 0.6 is 0 Å². The lowest BCUT2D eigenvalue weighted by molar-refractivity contribution is -0.727. The Morgan fingerprint density at radius 1 is 0.833 bits per heavy atom. The number of fused-ring (bicyclic) bond motifs is 2. The molecule has 3 nitrogen and oxygen atoms in total. The lowest BCUT2D eigenvalue weighted by Crippen LogP contribution is -2.58. The zero-order valence-electron chi connectivity index (χ0n) is 25.7. The van der Waals surface area contributed by atoms with Gasteiger partial charge in [-0.1, -0.05) is 101 Å². The van der Waals surface area contributed by atoms with Gasteiger partial charge in [0, 0.05) is 35.0 Å². The predicted octanol–water partition coefficient (Wildman–Crippen LogP) is 8.86. The van der Waals surface area contributed by atoms with Crippen LogP contribution in [0.3, 0.4) is 0 Å². The third-order valence-corrected chi connectivity index (χ3v) is 10.6. The molecule has 2 heterocycles. The van der Waals surface area contributed by atoms with Crippen LogP contribution in [0.4, 0.5) is 0 Å². The van der Waals surface area contributed by atoms with Gasteiger partial charge in [-0.15, -0.1) is 0 Å². The largest absolute Gasteiger partial charge is 0.493 e. The van der Waals surface area contributed by atoms with Crippen LogP contribution in [0.15, 0.2) is 91.6 Å². The molecule has 0 unspecified atom stereocenters. The maximum absolute atomic E-state index is 6.11. The maximum atomic E-state index is 6.11. The number of hydrogen-bond acceptors (Lipinski definition) is 2. The average molecular weight is 555 g/mol. The number of rotatable bonds is 6. The summed E-state index contributed by atoms with van der Waals surface area (Å²) in [7, 11) is 3.47. The van der Waals surface area contributed by atoms with Crippen molar-refractivity contribution in [2.45, 2.75) is 63.3 Å². The first-order chi connectivity index (χ1) is 20.3. The summed E-state index contributed by atoms with van der Waals surface area (Å²) in [6.45, 7) is 14.2. The number of ether oxygens (including phenoxy) is 2. The molecule has 0 amide bonds. The summed E-state index contributed by atoms with van der Waals surface area (Å²) in [4.78, 5) is 0. The number of hydrogen-bond donors (Lipinski definition) is 0. The predicted molar refractivity (Wildman–Crippen MR) is 173 cm³/mol. The van der Waals surface area contributed by atoms with Gasteiger partial charge in [0.25, 0.3) is 0 Å². The first-order valence-corrected chi connectivity index (χ1v) is 15.2. The average Bonchev–Trinajstić information content (AvgIpc) is 3.28. The minimum Gasteiger partial charge on any atom is -0.493 e. The molecule has 0 spiro atoms. The van der Waals surface area contributed by atoms with Crippen LogP contribution in [-0.2, 0) is 16.4 Å². The lowest BCUT2D eigenvalue weighted by atomic mass is 9.67. The third-order valence-electron chi connectivity index (χ3n) is 10.6. The SMILES string of the molecule is C=C1c2c(OC)c(OC)cc3ccc4c5c(c[n+](c4c23)C1(CC)CC)C(C)(C)CC5(c1ccccc1)c1ccccc1. The summed E-state index contributed by atoms with van der Waals surface area (Å²) in [6, 6.07) is 29.1. The maximum Gasteiger partial charge on any atom is 0.222 e. The molecule has 0 radical (unpaired) electrons. The molecule has 4 aromatic carbocycles. The van der Waals surface area contributed by atoms with Crippen LogP contribution in [-0.4, -0.2) is 14.2 Å². The fourth-order valence-electron chi connectivity index (χ4n) is 8.59. The second kappa shape index (κ2) is 9.19. The third kappa shape index (κ3) is 3.20. The van der Waals surface area contributed by atoms with Crippen LogP contribution in [0.2, 0.25) is 0 Å². The zero-order chi connectivity index (χ0) is 29.4. The highest BCUT2D eigenvalue weighted by Crippen LogP contribution is 2.60. The highest BCUT2D eigenvalue weighted by Gasteiger charge is 2.56. The van der Waals surface area contributed by atoms with E-state index in [4.69, 9.17) is 16.1 Å². The lowest BCUT2D eigenvalue weighted by Gasteiger charge is -2.37. The van der Waals surface area contributed by atoms with Gasteiger partial charge < -0.3 is 9.47 Å². The number of aromatic nitrogens is 1. The molecule has 7 rings (SSSR count). The minimum atomic E-state index is -0.291. The highest BCUT2D eigenvalue weighted by molar-refractivity contribution is 6.14. The van der Waals surface area contributed by atoms with Crippen molar-refractivity contribution in [1.29, 1.82) is 0 Å². The minimum absolute atomic E-state index is 0.0555. The van der Waals surface area contributed by atoms with E-state index < -0.39 is 0 Å². The Morgan fingerprint density at radius 3 is 2.00 bits per heavy atom. The Bertz CT molecular complexity index is 1840. The number of benzene rings is 4. The smallest absolute Gasteiger partial charge is 0.222 e. The van der Waals surface area contributed by atoms with Gasteiger partial charge in [-0.2, -0.15) is 4.57 Å². The molecule has 5 aromatic rings. The molecule has 1 aromatic heterocycles. The Hall–Kier alpha value is -4.11. The Morgan fingerprint density at radius 2 is 1.45 bits per heavy atom. The van der Waals surface area contributed by atoms with Gasteiger partial charge >= 0.3 is 0 Å². The molecular formula is C39H40NO2+. The van der Waals surface area contributed by atoms with E-state index in [9.17, 15) is 0 Å². The fraction of sp³-hybridized carbons (Fsp3) is 0.308. The molecule has 0 bridgehead atoms. The fourth-order valence-corrected chi connectivity index (χ4v) is 8.59. The van der Waals surface area contributed by atoms with Gasteiger partial charge in [-0.25, -0.2) is 0 Å².